The molecule has 0 saturated heterocycles. The third-order valence-corrected chi connectivity index (χ3v) is 10.8. The van der Waals surface area contributed by atoms with Crippen LogP contribution in [0.2, 0.25) is 51.4 Å². The van der Waals surface area contributed by atoms with Crippen LogP contribution in [0.5, 0.6) is 0 Å². The number of carboxylic acid groups (broad SMARTS) is 1. The van der Waals surface area contributed by atoms with Crippen LogP contribution in [0, 0.1) is 5.41 Å². The van der Waals surface area contributed by atoms with Crippen molar-refractivity contribution in [3.8, 4) is 0 Å². The highest BCUT2D eigenvalue weighted by Crippen LogP contribution is 2.39. The van der Waals surface area contributed by atoms with Crippen LogP contribution in [-0.4, -0.2) is 57.4 Å². The molecule has 1 aliphatic rings. The van der Waals surface area contributed by atoms with Gasteiger partial charge < -0.3 is 24.9 Å². The Morgan fingerprint density at radius 2 is 1.69 bits per heavy atom. The molecular formula is C30H49N3O4Si2. The van der Waals surface area contributed by atoms with Gasteiger partial charge >= 0.3 is 5.97 Å². The molecule has 216 valence electrons. The van der Waals surface area contributed by atoms with Crippen molar-refractivity contribution in [3.63, 3.8) is 0 Å². The van der Waals surface area contributed by atoms with Crippen molar-refractivity contribution >= 4 is 44.4 Å². The summed E-state index contributed by atoms with van der Waals surface area (Å²) in [6.07, 6.45) is 2.70. The number of aliphatic imine (C=N–C) groups is 1. The third-order valence-electron chi connectivity index (χ3n) is 7.36. The lowest BCUT2D eigenvalue weighted by atomic mass is 9.73. The van der Waals surface area contributed by atoms with Crippen LogP contribution in [0.1, 0.15) is 49.2 Å². The van der Waals surface area contributed by atoms with Crippen molar-refractivity contribution in [2.45, 2.75) is 91.2 Å². The summed E-state index contributed by atoms with van der Waals surface area (Å²) in [5.74, 6) is -0.949. The standard InChI is InChI=1S/C30H49N3O4Si2/c1-30(2)12-11-24(25(19-30)32-20-36-13-15-38(3,4)5)28(31)27-17-22-9-10-23(29(34)35)18-26(22)33(27)21-37-14-16-39(6,7)8/h9-10,17-18H,11-16,19-21,31H2,1-8H3,(H,34,35). The second-order valence-corrected chi connectivity index (χ2v) is 25.3. The second kappa shape index (κ2) is 12.5. The minimum atomic E-state index is -1.24. The van der Waals surface area contributed by atoms with E-state index < -0.39 is 22.1 Å². The van der Waals surface area contributed by atoms with Crippen LogP contribution >= 0.6 is 0 Å². The van der Waals surface area contributed by atoms with E-state index in [1.54, 1.807) is 12.1 Å². The molecule has 3 rings (SSSR count). The lowest BCUT2D eigenvalue weighted by molar-refractivity contribution is 0.0696. The Morgan fingerprint density at radius 3 is 2.31 bits per heavy atom. The third kappa shape index (κ3) is 9.16. The lowest BCUT2D eigenvalue weighted by Crippen LogP contribution is -2.27. The number of nitrogens with zero attached hydrogens (tertiary/aromatic N) is 2. The number of hydrogen-bond acceptors (Lipinski definition) is 5. The number of carbonyl (C=O) groups is 1. The van der Waals surface area contributed by atoms with Gasteiger partial charge in [0.05, 0.1) is 22.5 Å². The van der Waals surface area contributed by atoms with E-state index in [2.05, 4.69) is 53.1 Å². The van der Waals surface area contributed by atoms with Gasteiger partial charge in [-0.25, -0.2) is 4.79 Å². The molecule has 1 saturated carbocycles. The molecule has 7 nitrogen and oxygen atoms in total. The monoisotopic (exact) mass is 571 g/mol. The maximum absolute atomic E-state index is 11.7. The fourth-order valence-electron chi connectivity index (χ4n) is 4.70. The Bertz CT molecular complexity index is 1230. The molecule has 0 amide bonds. The van der Waals surface area contributed by atoms with Crippen molar-refractivity contribution in [1.82, 2.24) is 4.57 Å². The van der Waals surface area contributed by atoms with Crippen molar-refractivity contribution in [2.75, 3.05) is 19.9 Å². The van der Waals surface area contributed by atoms with E-state index in [1.807, 2.05) is 16.7 Å². The van der Waals surface area contributed by atoms with Crippen molar-refractivity contribution in [2.24, 2.45) is 16.1 Å². The maximum atomic E-state index is 11.7. The normalized spacial score (nSPS) is 18.6. The van der Waals surface area contributed by atoms with Crippen LogP contribution in [0.3, 0.4) is 0 Å². The molecule has 9 heteroatoms. The fourth-order valence-corrected chi connectivity index (χ4v) is 6.22. The molecule has 1 heterocycles. The van der Waals surface area contributed by atoms with Crippen LogP contribution < -0.4 is 5.73 Å². The van der Waals surface area contributed by atoms with E-state index in [0.717, 1.165) is 65.8 Å². The highest BCUT2D eigenvalue weighted by atomic mass is 28.3. The molecule has 0 aliphatic heterocycles. The SMILES string of the molecule is CC1(C)CCC(=C(N)c2cc3ccc(C(=O)O)cc3n2COCC[Si](C)(C)C)C(=NCOCC[Si](C)(C)C)C1. The molecule has 0 atom stereocenters. The summed E-state index contributed by atoms with van der Waals surface area (Å²) in [6.45, 7) is 20.6. The van der Waals surface area contributed by atoms with Gasteiger partial charge in [0.2, 0.25) is 0 Å². The van der Waals surface area contributed by atoms with Gasteiger partial charge in [0.15, 0.2) is 0 Å². The first-order chi connectivity index (χ1) is 18.1. The number of nitrogens with two attached hydrogens (primary N) is 1. The van der Waals surface area contributed by atoms with E-state index in [4.69, 9.17) is 20.2 Å². The number of aromatic nitrogens is 1. The van der Waals surface area contributed by atoms with Gasteiger partial charge in [0, 0.05) is 40.5 Å². The zero-order valence-electron chi connectivity index (χ0n) is 25.3. The van der Waals surface area contributed by atoms with E-state index >= 15 is 0 Å². The zero-order chi connectivity index (χ0) is 29.0. The quantitative estimate of drug-likeness (QED) is 0.206. The number of allylic oxidation sites excluding steroid dienone is 1. The van der Waals surface area contributed by atoms with Gasteiger partial charge in [0.1, 0.15) is 13.5 Å². The van der Waals surface area contributed by atoms with Crippen LogP contribution in [0.15, 0.2) is 34.8 Å². The Balaban J connectivity index is 1.98. The van der Waals surface area contributed by atoms with Gasteiger partial charge in [0.25, 0.3) is 0 Å². The molecule has 2 aromatic rings. The van der Waals surface area contributed by atoms with Gasteiger partial charge in [-0.3, -0.25) is 4.99 Å². The number of hydrogen-bond donors (Lipinski definition) is 2. The smallest absolute Gasteiger partial charge is 0.335 e. The van der Waals surface area contributed by atoms with Crippen LogP contribution in [0.4, 0.5) is 0 Å². The number of fused-ring (bicyclic) bond motifs is 1. The molecule has 0 radical (unpaired) electrons. The zero-order valence-corrected chi connectivity index (χ0v) is 27.3. The lowest BCUT2D eigenvalue weighted by Gasteiger charge is -2.33. The average molecular weight is 572 g/mol. The predicted molar refractivity (Wildman–Crippen MR) is 168 cm³/mol. The first-order valence-electron chi connectivity index (χ1n) is 14.1. The number of ether oxygens (including phenoxy) is 2. The molecule has 1 aliphatic carbocycles. The minimum absolute atomic E-state index is 0.143. The first-order valence-corrected chi connectivity index (χ1v) is 21.5. The predicted octanol–water partition coefficient (Wildman–Crippen LogP) is 7.29. The second-order valence-electron chi connectivity index (χ2n) is 14.1. The van der Waals surface area contributed by atoms with Crippen molar-refractivity contribution < 1.29 is 19.4 Å². The van der Waals surface area contributed by atoms with Gasteiger partial charge in [-0.05, 0) is 60.5 Å². The molecule has 1 aromatic carbocycles. The first kappa shape index (κ1) is 31.3. The highest BCUT2D eigenvalue weighted by Gasteiger charge is 2.30. The van der Waals surface area contributed by atoms with Crippen molar-refractivity contribution in [3.05, 3.63) is 41.1 Å². The summed E-state index contributed by atoms with van der Waals surface area (Å²) in [5.41, 5.74) is 11.8. The van der Waals surface area contributed by atoms with E-state index in [1.165, 1.54) is 0 Å². The minimum Gasteiger partial charge on any atom is -0.478 e. The van der Waals surface area contributed by atoms with E-state index in [9.17, 15) is 9.90 Å². The molecule has 1 fully saturated rings. The molecule has 39 heavy (non-hydrogen) atoms. The van der Waals surface area contributed by atoms with E-state index in [-0.39, 0.29) is 11.0 Å². The molecule has 0 spiro atoms. The Kier molecular flexibility index (Phi) is 10.1. The van der Waals surface area contributed by atoms with Crippen LogP contribution in [0.25, 0.3) is 16.6 Å². The van der Waals surface area contributed by atoms with Gasteiger partial charge in [-0.2, -0.15) is 0 Å². The number of benzene rings is 1. The molecule has 0 unspecified atom stereocenters. The molecule has 1 aromatic heterocycles. The van der Waals surface area contributed by atoms with E-state index in [0.29, 0.717) is 25.8 Å². The number of aromatic carboxylic acids is 1. The summed E-state index contributed by atoms with van der Waals surface area (Å²) in [7, 11) is -2.40. The average Bonchev–Trinajstić information content (AvgIpc) is 3.17. The fraction of sp³-hybridized carbons (Fsp3) is 0.600. The highest BCUT2D eigenvalue weighted by molar-refractivity contribution is 6.76. The Labute approximate surface area is 236 Å². The van der Waals surface area contributed by atoms with Crippen molar-refractivity contribution in [1.29, 1.82) is 0 Å². The summed E-state index contributed by atoms with van der Waals surface area (Å²) in [5, 5.41) is 10.6. The molecule has 3 N–H and O–H groups in total. The summed E-state index contributed by atoms with van der Waals surface area (Å²) in [6, 6.07) is 9.43. The van der Waals surface area contributed by atoms with Gasteiger partial charge in [-0.1, -0.05) is 59.2 Å². The summed E-state index contributed by atoms with van der Waals surface area (Å²) < 4.78 is 14.1. The number of rotatable bonds is 12. The number of carboxylic acids is 1. The Hall–Kier alpha value is -2.21. The largest absolute Gasteiger partial charge is 0.478 e. The van der Waals surface area contributed by atoms with Gasteiger partial charge in [-0.15, -0.1) is 0 Å². The Morgan fingerprint density at radius 1 is 1.05 bits per heavy atom. The topological polar surface area (TPSA) is 99.1 Å². The maximum Gasteiger partial charge on any atom is 0.335 e. The molecule has 0 bridgehead atoms. The molecular weight excluding hydrogens is 523 g/mol. The summed E-state index contributed by atoms with van der Waals surface area (Å²) >= 11 is 0. The summed E-state index contributed by atoms with van der Waals surface area (Å²) in [4.78, 5) is 16.6. The van der Waals surface area contributed by atoms with Crippen LogP contribution in [-0.2, 0) is 16.2 Å².